The molecule has 0 amide bonds. The molecule has 4 rings (SSSR count). The van der Waals surface area contributed by atoms with Gasteiger partial charge < -0.3 is 32.7 Å². The Morgan fingerprint density at radius 3 is 1.61 bits per heavy atom. The van der Waals surface area contributed by atoms with E-state index >= 15 is 0 Å². The minimum atomic E-state index is -0.0251. The Hall–Kier alpha value is -2.73. The maximum atomic E-state index is 6.19. The van der Waals surface area contributed by atoms with Crippen molar-refractivity contribution in [2.24, 2.45) is 22.9 Å². The fourth-order valence-corrected chi connectivity index (χ4v) is 4.14. The highest BCUT2D eigenvalue weighted by molar-refractivity contribution is 5.52. The van der Waals surface area contributed by atoms with Crippen LogP contribution in [-0.2, 0) is 0 Å². The molecule has 1 aromatic carbocycles. The Balaban J connectivity index is 1.60. The Morgan fingerprint density at radius 2 is 1.16 bits per heavy atom. The quantitative estimate of drug-likeness (QED) is 0.335. The molecule has 10 N–H and O–H groups in total. The van der Waals surface area contributed by atoms with Crippen LogP contribution in [0.4, 0.5) is 23.5 Å². The van der Waals surface area contributed by atoms with Gasteiger partial charge in [-0.25, -0.2) is 0 Å². The molecule has 0 radical (unpaired) electrons. The van der Waals surface area contributed by atoms with E-state index in [4.69, 9.17) is 27.9 Å². The van der Waals surface area contributed by atoms with Crippen LogP contribution in [0.5, 0.6) is 0 Å². The lowest BCUT2D eigenvalue weighted by Gasteiger charge is -2.37. The van der Waals surface area contributed by atoms with Crippen LogP contribution in [0.1, 0.15) is 18.4 Å². The van der Waals surface area contributed by atoms with Gasteiger partial charge in [-0.2, -0.15) is 15.0 Å². The summed E-state index contributed by atoms with van der Waals surface area (Å²) in [5.74, 6) is 1.48. The number of anilines is 4. The lowest BCUT2D eigenvalue weighted by Crippen LogP contribution is -2.54. The summed E-state index contributed by atoms with van der Waals surface area (Å²) in [4.78, 5) is 18.0. The Bertz CT molecular complexity index is 810. The number of hydrogen-bond donors (Lipinski definition) is 6. The first-order valence-corrected chi connectivity index (χ1v) is 10.7. The van der Waals surface area contributed by atoms with Crippen molar-refractivity contribution >= 4 is 23.5 Å². The van der Waals surface area contributed by atoms with Gasteiger partial charge in [0.25, 0.3) is 0 Å². The molecule has 2 aliphatic heterocycles. The van der Waals surface area contributed by atoms with E-state index in [1.807, 2.05) is 41.0 Å². The molecule has 0 unspecified atom stereocenters. The van der Waals surface area contributed by atoms with E-state index in [1.165, 1.54) is 5.56 Å². The molecular formula is C20H33N11. The largest absolute Gasteiger partial charge is 0.338 e. The molecule has 0 saturated carbocycles. The second-order valence-corrected chi connectivity index (χ2v) is 8.70. The molecule has 2 aliphatic rings. The smallest absolute Gasteiger partial charge is 0.248 e. The van der Waals surface area contributed by atoms with Gasteiger partial charge in [0.2, 0.25) is 17.8 Å². The van der Waals surface area contributed by atoms with Crippen molar-refractivity contribution in [3.8, 4) is 0 Å². The zero-order valence-electron chi connectivity index (χ0n) is 17.9. The van der Waals surface area contributed by atoms with Crippen molar-refractivity contribution in [2.45, 2.75) is 43.9 Å². The molecule has 4 atom stereocenters. The van der Waals surface area contributed by atoms with E-state index < -0.39 is 0 Å². The fourth-order valence-electron chi connectivity index (χ4n) is 4.14. The number of rotatable bonds is 5. The Kier molecular flexibility index (Phi) is 6.37. The molecule has 11 heteroatoms. The highest BCUT2D eigenvalue weighted by Crippen LogP contribution is 2.22. The van der Waals surface area contributed by atoms with E-state index in [2.05, 4.69) is 20.8 Å². The minimum absolute atomic E-state index is 0.0251. The first-order chi connectivity index (χ1) is 14.9. The molecule has 0 bridgehead atoms. The molecule has 0 spiro atoms. The summed E-state index contributed by atoms with van der Waals surface area (Å²) in [7, 11) is 0. The summed E-state index contributed by atoms with van der Waals surface area (Å²) >= 11 is 0. The van der Waals surface area contributed by atoms with Crippen LogP contribution >= 0.6 is 0 Å². The maximum absolute atomic E-state index is 6.19. The van der Waals surface area contributed by atoms with Gasteiger partial charge in [-0.05, 0) is 31.9 Å². The molecule has 11 nitrogen and oxygen atoms in total. The second-order valence-electron chi connectivity index (χ2n) is 8.70. The highest BCUT2D eigenvalue weighted by atomic mass is 15.5. The van der Waals surface area contributed by atoms with Gasteiger partial charge in [-0.1, -0.05) is 17.7 Å². The van der Waals surface area contributed by atoms with Crippen LogP contribution in [0.25, 0.3) is 0 Å². The molecule has 3 heterocycles. The lowest BCUT2D eigenvalue weighted by molar-refractivity contribution is 0.441. The van der Waals surface area contributed by atoms with Gasteiger partial charge in [0.05, 0.1) is 5.69 Å². The summed E-state index contributed by atoms with van der Waals surface area (Å²) in [6, 6.07) is 7.92. The Morgan fingerprint density at radius 1 is 0.710 bits per heavy atom. The topological polar surface area (TPSA) is 173 Å². The average molecular weight is 428 g/mol. The van der Waals surface area contributed by atoms with Crippen LogP contribution in [0.15, 0.2) is 24.3 Å². The number of aryl methyl sites for hydroxylation is 1. The third kappa shape index (κ3) is 5.50. The number of benzene rings is 1. The van der Waals surface area contributed by atoms with Crippen molar-refractivity contribution < 1.29 is 0 Å². The number of hydrogen-bond acceptors (Lipinski definition) is 11. The molecule has 2 aromatic rings. The number of nitrogens with zero attached hydrogens (tertiary/aromatic N) is 5. The second kappa shape index (κ2) is 9.18. The SMILES string of the molecule is Cc1ccc(NNc2nc(N3C[C@H](N)C[C@H](N)C3)nc(N3C[C@H](N)C[C@H](N)C3)n2)cc1. The maximum Gasteiger partial charge on any atom is 0.248 e. The minimum Gasteiger partial charge on any atom is -0.338 e. The van der Waals surface area contributed by atoms with Crippen molar-refractivity contribution in [1.82, 2.24) is 15.0 Å². The van der Waals surface area contributed by atoms with E-state index in [9.17, 15) is 0 Å². The van der Waals surface area contributed by atoms with E-state index in [0.29, 0.717) is 44.0 Å². The van der Waals surface area contributed by atoms with Crippen LogP contribution < -0.4 is 43.6 Å². The van der Waals surface area contributed by atoms with Crippen LogP contribution in [-0.4, -0.2) is 65.3 Å². The van der Waals surface area contributed by atoms with Crippen LogP contribution in [0, 0.1) is 6.92 Å². The summed E-state index contributed by atoms with van der Waals surface area (Å²) in [6.07, 6.45) is 1.56. The van der Waals surface area contributed by atoms with Gasteiger partial charge in [0.1, 0.15) is 0 Å². The monoisotopic (exact) mass is 427 g/mol. The first-order valence-electron chi connectivity index (χ1n) is 10.7. The van der Waals surface area contributed by atoms with Crippen molar-refractivity contribution in [2.75, 3.05) is 46.8 Å². The van der Waals surface area contributed by atoms with Gasteiger partial charge in [-0.15, -0.1) is 0 Å². The van der Waals surface area contributed by atoms with E-state index in [-0.39, 0.29) is 24.2 Å². The van der Waals surface area contributed by atoms with E-state index in [0.717, 1.165) is 18.5 Å². The number of hydrazine groups is 1. The summed E-state index contributed by atoms with van der Waals surface area (Å²) < 4.78 is 0. The normalized spacial score (nSPS) is 26.6. The number of piperidine rings is 2. The lowest BCUT2D eigenvalue weighted by atomic mass is 10.0. The molecule has 0 aliphatic carbocycles. The zero-order chi connectivity index (χ0) is 22.0. The van der Waals surface area contributed by atoms with Crippen molar-refractivity contribution in [3.05, 3.63) is 29.8 Å². The van der Waals surface area contributed by atoms with Crippen molar-refractivity contribution in [3.63, 3.8) is 0 Å². The predicted molar refractivity (Wildman–Crippen MR) is 124 cm³/mol. The Labute approximate surface area is 182 Å². The number of nitrogens with one attached hydrogen (secondary N) is 2. The molecule has 2 fully saturated rings. The first kappa shape index (κ1) is 21.5. The van der Waals surface area contributed by atoms with Crippen molar-refractivity contribution in [1.29, 1.82) is 0 Å². The predicted octanol–water partition coefficient (Wildman–Crippen LogP) is -0.652. The number of aromatic nitrogens is 3. The summed E-state index contributed by atoms with van der Waals surface area (Å²) in [5.41, 5.74) is 33.1. The molecular weight excluding hydrogens is 394 g/mol. The third-order valence-corrected chi connectivity index (χ3v) is 5.58. The number of nitrogens with two attached hydrogens (primary N) is 4. The molecule has 31 heavy (non-hydrogen) atoms. The fraction of sp³-hybridized carbons (Fsp3) is 0.550. The van der Waals surface area contributed by atoms with Gasteiger partial charge in [0.15, 0.2) is 0 Å². The summed E-state index contributed by atoms with van der Waals surface area (Å²) in [5, 5.41) is 0. The van der Waals surface area contributed by atoms with Crippen LogP contribution in [0.2, 0.25) is 0 Å². The standard InChI is InChI=1S/C20H33N11/c1-12-2-4-17(5-3-12)28-29-18-25-19(30-8-13(21)6-14(22)9-30)27-20(26-18)31-10-15(23)7-16(24)11-31/h2-5,13-16,28H,6-11,21-24H2,1H3,(H,25,26,27,29)/t13-,14+,15-,16+. The summed E-state index contributed by atoms with van der Waals surface area (Å²) in [6.45, 7) is 4.61. The highest BCUT2D eigenvalue weighted by Gasteiger charge is 2.28. The van der Waals surface area contributed by atoms with Crippen LogP contribution in [0.3, 0.4) is 0 Å². The molecule has 1 aromatic heterocycles. The zero-order valence-corrected chi connectivity index (χ0v) is 17.9. The molecule has 2 saturated heterocycles. The van der Waals surface area contributed by atoms with Gasteiger partial charge in [-0.3, -0.25) is 10.9 Å². The van der Waals surface area contributed by atoms with E-state index in [1.54, 1.807) is 0 Å². The van der Waals surface area contributed by atoms with Gasteiger partial charge >= 0.3 is 0 Å². The van der Waals surface area contributed by atoms with Gasteiger partial charge in [0, 0.05) is 50.3 Å². The molecule has 168 valence electrons. The average Bonchev–Trinajstić information content (AvgIpc) is 2.72. The third-order valence-electron chi connectivity index (χ3n) is 5.58.